The average Bonchev–Trinajstić information content (AvgIpc) is 3.38. The van der Waals surface area contributed by atoms with Crippen molar-refractivity contribution in [1.82, 2.24) is 14.7 Å². The number of likely N-dealkylation sites (tertiary alicyclic amines) is 1. The number of methoxy groups -OCH3 is 1. The highest BCUT2D eigenvalue weighted by Crippen LogP contribution is 2.36. The van der Waals surface area contributed by atoms with E-state index in [4.69, 9.17) is 14.6 Å². The van der Waals surface area contributed by atoms with Crippen LogP contribution in [0.4, 0.5) is 10.5 Å². The van der Waals surface area contributed by atoms with Crippen LogP contribution in [0.5, 0.6) is 5.75 Å². The van der Waals surface area contributed by atoms with Gasteiger partial charge in [0.1, 0.15) is 11.4 Å². The second kappa shape index (κ2) is 9.62. The average molecular weight is 489 g/mol. The molecule has 0 bridgehead atoms. The molecule has 1 unspecified atom stereocenters. The number of benzene rings is 2. The lowest BCUT2D eigenvalue weighted by Crippen LogP contribution is -2.36. The van der Waals surface area contributed by atoms with Gasteiger partial charge >= 0.3 is 6.09 Å². The zero-order valence-electron chi connectivity index (χ0n) is 21.7. The summed E-state index contributed by atoms with van der Waals surface area (Å²) in [6, 6.07) is 17.9. The number of rotatable bonds is 5. The topological polar surface area (TPSA) is 59.8 Å². The Balaban J connectivity index is 1.33. The fraction of sp³-hybridized carbons (Fsp3) is 0.448. The summed E-state index contributed by atoms with van der Waals surface area (Å²) >= 11 is 0. The molecule has 2 aromatic carbocycles. The maximum absolute atomic E-state index is 12.7. The Hall–Kier alpha value is -3.32. The van der Waals surface area contributed by atoms with Crippen LogP contribution in [-0.2, 0) is 16.8 Å². The van der Waals surface area contributed by atoms with Gasteiger partial charge in [-0.2, -0.15) is 5.10 Å². The zero-order valence-corrected chi connectivity index (χ0v) is 21.7. The molecule has 0 saturated carbocycles. The smallest absolute Gasteiger partial charge is 0.415 e. The summed E-state index contributed by atoms with van der Waals surface area (Å²) in [4.78, 5) is 17.0. The van der Waals surface area contributed by atoms with Crippen LogP contribution < -0.4 is 9.64 Å². The molecule has 1 aromatic heterocycles. The first kappa shape index (κ1) is 24.4. The first-order valence-corrected chi connectivity index (χ1v) is 12.8. The van der Waals surface area contributed by atoms with Gasteiger partial charge in [-0.3, -0.25) is 14.5 Å². The van der Waals surface area contributed by atoms with E-state index < -0.39 is 5.60 Å². The molecule has 190 valence electrons. The van der Waals surface area contributed by atoms with E-state index in [-0.39, 0.29) is 11.6 Å². The molecule has 1 amide bonds. The molecule has 3 aromatic rings. The van der Waals surface area contributed by atoms with Crippen LogP contribution in [0.15, 0.2) is 60.8 Å². The first-order chi connectivity index (χ1) is 17.3. The van der Waals surface area contributed by atoms with Crippen LogP contribution in [0.2, 0.25) is 0 Å². The van der Waals surface area contributed by atoms with Gasteiger partial charge in [-0.05, 0) is 76.6 Å². The molecule has 0 aliphatic carbocycles. The third-order valence-electron chi connectivity index (χ3n) is 7.26. The van der Waals surface area contributed by atoms with Gasteiger partial charge in [-0.15, -0.1) is 0 Å². The molecule has 1 spiro atoms. The number of carbonyl (C=O) groups is 1. The number of hydrogen-bond acceptors (Lipinski definition) is 5. The van der Waals surface area contributed by atoms with Gasteiger partial charge in [0.25, 0.3) is 0 Å². The van der Waals surface area contributed by atoms with Crippen molar-refractivity contribution >= 4 is 11.8 Å². The molecule has 7 heteroatoms. The molecule has 5 rings (SSSR count). The summed E-state index contributed by atoms with van der Waals surface area (Å²) < 4.78 is 13.4. The molecule has 2 aliphatic rings. The summed E-state index contributed by atoms with van der Waals surface area (Å²) in [7, 11) is 1.68. The number of amides is 1. The minimum Gasteiger partial charge on any atom is -0.497 e. The van der Waals surface area contributed by atoms with Crippen molar-refractivity contribution in [2.24, 2.45) is 0 Å². The molecular weight excluding hydrogens is 452 g/mol. The van der Waals surface area contributed by atoms with Gasteiger partial charge in [0.15, 0.2) is 0 Å². The second-order valence-electron chi connectivity index (χ2n) is 10.9. The molecule has 0 N–H and O–H groups in total. The summed E-state index contributed by atoms with van der Waals surface area (Å²) in [5, 5.41) is 4.99. The van der Waals surface area contributed by atoms with E-state index in [0.717, 1.165) is 61.6 Å². The number of carbonyl (C=O) groups excluding carboxylic acids is 1. The fourth-order valence-corrected chi connectivity index (χ4v) is 5.17. The third kappa shape index (κ3) is 4.98. The van der Waals surface area contributed by atoms with Crippen molar-refractivity contribution in [2.75, 3.05) is 31.6 Å². The Morgan fingerprint density at radius 1 is 1.03 bits per heavy atom. The molecular formula is C29H36N4O3. The van der Waals surface area contributed by atoms with Crippen LogP contribution in [0.3, 0.4) is 0 Å². The van der Waals surface area contributed by atoms with Gasteiger partial charge in [0.2, 0.25) is 0 Å². The van der Waals surface area contributed by atoms with Gasteiger partial charge in [0, 0.05) is 42.5 Å². The molecule has 1 atom stereocenters. The Bertz CT molecular complexity index is 1200. The van der Waals surface area contributed by atoms with Gasteiger partial charge in [-0.1, -0.05) is 18.2 Å². The van der Waals surface area contributed by atoms with Crippen LogP contribution >= 0.6 is 0 Å². The number of para-hydroxylation sites is 1. The molecule has 2 saturated heterocycles. The van der Waals surface area contributed by atoms with Crippen molar-refractivity contribution in [3.8, 4) is 17.0 Å². The van der Waals surface area contributed by atoms with Crippen LogP contribution in [-0.4, -0.2) is 53.1 Å². The van der Waals surface area contributed by atoms with Crippen LogP contribution in [0.1, 0.15) is 45.6 Å². The zero-order chi connectivity index (χ0) is 25.3. The predicted octanol–water partition coefficient (Wildman–Crippen LogP) is 5.70. The number of nitrogens with zero attached hydrogens (tertiary/aromatic N) is 4. The van der Waals surface area contributed by atoms with E-state index in [9.17, 15) is 4.79 Å². The Labute approximate surface area is 213 Å². The van der Waals surface area contributed by atoms with Crippen LogP contribution in [0, 0.1) is 0 Å². The predicted molar refractivity (Wildman–Crippen MR) is 141 cm³/mol. The fourth-order valence-electron chi connectivity index (χ4n) is 5.17. The summed E-state index contributed by atoms with van der Waals surface area (Å²) in [5.74, 6) is 0.837. The Morgan fingerprint density at radius 2 is 1.78 bits per heavy atom. The minimum atomic E-state index is -0.421. The number of ether oxygens (including phenoxy) is 2. The maximum atomic E-state index is 12.7. The van der Waals surface area contributed by atoms with E-state index in [0.29, 0.717) is 6.54 Å². The van der Waals surface area contributed by atoms with Crippen molar-refractivity contribution in [1.29, 1.82) is 0 Å². The lowest BCUT2D eigenvalue weighted by atomic mass is 9.95. The molecule has 2 aliphatic heterocycles. The van der Waals surface area contributed by atoms with E-state index in [1.165, 1.54) is 5.56 Å². The van der Waals surface area contributed by atoms with E-state index >= 15 is 0 Å². The first-order valence-electron chi connectivity index (χ1n) is 12.8. The van der Waals surface area contributed by atoms with Crippen molar-refractivity contribution in [3.05, 3.63) is 66.4 Å². The summed E-state index contributed by atoms with van der Waals surface area (Å²) in [6.45, 7) is 9.78. The van der Waals surface area contributed by atoms with E-state index in [2.05, 4.69) is 48.7 Å². The van der Waals surface area contributed by atoms with E-state index in [1.54, 1.807) is 12.0 Å². The lowest BCUT2D eigenvalue weighted by Gasteiger charge is -2.25. The number of anilines is 1. The van der Waals surface area contributed by atoms with Crippen molar-refractivity contribution in [3.63, 3.8) is 0 Å². The molecule has 36 heavy (non-hydrogen) atoms. The highest BCUT2D eigenvalue weighted by atomic mass is 16.6. The minimum absolute atomic E-state index is 0.110. The second-order valence-corrected chi connectivity index (χ2v) is 10.9. The monoisotopic (exact) mass is 488 g/mol. The number of aromatic nitrogens is 2. The SMILES string of the molecule is COc1ccc(-c2nn(C(C)(C)C)cc2CN2CCCC3(CC2)CN(c2ccccc2)C(=O)O3)cc1. The Morgan fingerprint density at radius 3 is 2.47 bits per heavy atom. The lowest BCUT2D eigenvalue weighted by molar-refractivity contribution is 0.0443. The quantitative estimate of drug-likeness (QED) is 0.461. The van der Waals surface area contributed by atoms with Gasteiger partial charge < -0.3 is 9.47 Å². The number of hydrogen-bond donors (Lipinski definition) is 0. The largest absolute Gasteiger partial charge is 0.497 e. The van der Waals surface area contributed by atoms with Crippen molar-refractivity contribution < 1.29 is 14.3 Å². The molecule has 3 heterocycles. The molecule has 2 fully saturated rings. The normalized spacial score (nSPS) is 21.0. The van der Waals surface area contributed by atoms with Crippen molar-refractivity contribution in [2.45, 2.75) is 57.7 Å². The maximum Gasteiger partial charge on any atom is 0.415 e. The highest BCUT2D eigenvalue weighted by Gasteiger charge is 2.46. The standard InChI is InChI=1S/C29H36N4O3/c1-28(2,3)33-20-23(26(30-33)22-11-13-25(35-4)14-12-22)19-31-17-8-15-29(16-18-31)21-32(27(34)36-29)24-9-6-5-7-10-24/h5-7,9-14,20H,8,15-19,21H2,1-4H3. The van der Waals surface area contributed by atoms with Crippen LogP contribution in [0.25, 0.3) is 11.3 Å². The highest BCUT2D eigenvalue weighted by molar-refractivity contribution is 5.90. The summed E-state index contributed by atoms with van der Waals surface area (Å²) in [5.41, 5.74) is 3.68. The molecule has 7 nitrogen and oxygen atoms in total. The van der Waals surface area contributed by atoms with Gasteiger partial charge in [0.05, 0.1) is 24.9 Å². The third-order valence-corrected chi connectivity index (χ3v) is 7.26. The molecule has 0 radical (unpaired) electrons. The van der Waals surface area contributed by atoms with Gasteiger partial charge in [-0.25, -0.2) is 4.79 Å². The Kier molecular flexibility index (Phi) is 6.51. The van der Waals surface area contributed by atoms with E-state index in [1.807, 2.05) is 42.5 Å². The summed E-state index contributed by atoms with van der Waals surface area (Å²) in [6.07, 6.45) is 4.65.